The van der Waals surface area contributed by atoms with E-state index in [-0.39, 0.29) is 6.04 Å². The van der Waals surface area contributed by atoms with Crippen molar-refractivity contribution in [3.63, 3.8) is 0 Å². The van der Waals surface area contributed by atoms with Crippen LogP contribution in [0.3, 0.4) is 0 Å². The molecule has 1 unspecified atom stereocenters. The highest BCUT2D eigenvalue weighted by Crippen LogP contribution is 2.28. The van der Waals surface area contributed by atoms with E-state index in [1.54, 1.807) is 0 Å². The molecular weight excluding hydrogens is 262 g/mol. The summed E-state index contributed by atoms with van der Waals surface area (Å²) in [6.07, 6.45) is 3.61. The minimum absolute atomic E-state index is 0.286. The Morgan fingerprint density at radius 3 is 2.30 bits per heavy atom. The van der Waals surface area contributed by atoms with E-state index >= 15 is 0 Å². The molecule has 0 bridgehead atoms. The van der Waals surface area contributed by atoms with Crippen LogP contribution in [0.1, 0.15) is 41.1 Å². The molecule has 0 fully saturated rings. The van der Waals surface area contributed by atoms with E-state index in [1.807, 2.05) is 24.3 Å². The third-order valence-electron chi connectivity index (χ3n) is 3.70. The zero-order valence-corrected chi connectivity index (χ0v) is 13.2. The number of nitrogens with two attached hydrogens (primary N) is 1. The SMILES string of the molecule is Cc1ccc(S)cc1.Cc1ccc2c(c1)C(N)CCC2. The summed E-state index contributed by atoms with van der Waals surface area (Å²) in [5.41, 5.74) is 11.5. The van der Waals surface area contributed by atoms with Gasteiger partial charge >= 0.3 is 0 Å². The molecule has 2 N–H and O–H groups in total. The molecule has 0 saturated carbocycles. The quantitative estimate of drug-likeness (QED) is 0.679. The first kappa shape index (κ1) is 15.1. The molecule has 1 nitrogen and oxygen atoms in total. The summed E-state index contributed by atoms with van der Waals surface area (Å²) in [6.45, 7) is 4.19. The first-order chi connectivity index (χ1) is 9.56. The van der Waals surface area contributed by atoms with Crippen LogP contribution in [0, 0.1) is 13.8 Å². The highest BCUT2D eigenvalue weighted by Gasteiger charge is 2.15. The number of benzene rings is 2. The van der Waals surface area contributed by atoms with Crippen molar-refractivity contribution in [1.29, 1.82) is 0 Å². The second kappa shape index (κ2) is 6.96. The van der Waals surface area contributed by atoms with E-state index < -0.39 is 0 Å². The van der Waals surface area contributed by atoms with Gasteiger partial charge in [-0.2, -0.15) is 0 Å². The highest BCUT2D eigenvalue weighted by atomic mass is 32.1. The van der Waals surface area contributed by atoms with Crippen molar-refractivity contribution in [2.45, 2.75) is 44.0 Å². The van der Waals surface area contributed by atoms with Crippen molar-refractivity contribution in [3.05, 3.63) is 64.7 Å². The molecule has 1 aliphatic rings. The Balaban J connectivity index is 0.000000160. The van der Waals surface area contributed by atoms with Gasteiger partial charge in [0.05, 0.1) is 0 Å². The van der Waals surface area contributed by atoms with Gasteiger partial charge in [0.15, 0.2) is 0 Å². The fourth-order valence-corrected chi connectivity index (χ4v) is 2.65. The Kier molecular flexibility index (Phi) is 5.27. The lowest BCUT2D eigenvalue weighted by Crippen LogP contribution is -2.17. The predicted octanol–water partition coefficient (Wildman–Crippen LogP) is 4.61. The zero-order valence-electron chi connectivity index (χ0n) is 12.3. The lowest BCUT2D eigenvalue weighted by atomic mass is 9.87. The Hall–Kier alpha value is -1.25. The first-order valence-corrected chi connectivity index (χ1v) is 7.61. The number of hydrogen-bond donors (Lipinski definition) is 2. The van der Waals surface area contributed by atoms with Crippen LogP contribution >= 0.6 is 12.6 Å². The lowest BCUT2D eigenvalue weighted by molar-refractivity contribution is 0.570. The summed E-state index contributed by atoms with van der Waals surface area (Å²) >= 11 is 4.13. The summed E-state index contributed by atoms with van der Waals surface area (Å²) in [5, 5.41) is 0. The van der Waals surface area contributed by atoms with Gasteiger partial charge in [0, 0.05) is 10.9 Å². The monoisotopic (exact) mass is 285 g/mol. The fraction of sp³-hybridized carbons (Fsp3) is 0.333. The van der Waals surface area contributed by atoms with E-state index in [0.717, 1.165) is 11.3 Å². The minimum Gasteiger partial charge on any atom is -0.324 e. The van der Waals surface area contributed by atoms with Crippen molar-refractivity contribution >= 4 is 12.6 Å². The van der Waals surface area contributed by atoms with Crippen LogP contribution < -0.4 is 5.73 Å². The summed E-state index contributed by atoms with van der Waals surface area (Å²) in [6, 6.07) is 15.0. The van der Waals surface area contributed by atoms with E-state index in [1.165, 1.54) is 35.1 Å². The number of hydrogen-bond acceptors (Lipinski definition) is 2. The normalized spacial score (nSPS) is 16.9. The molecule has 2 aromatic carbocycles. The van der Waals surface area contributed by atoms with Gasteiger partial charge in [-0.1, -0.05) is 41.5 Å². The van der Waals surface area contributed by atoms with E-state index in [0.29, 0.717) is 0 Å². The maximum Gasteiger partial charge on any atom is 0.0297 e. The first-order valence-electron chi connectivity index (χ1n) is 7.17. The van der Waals surface area contributed by atoms with Gasteiger partial charge < -0.3 is 5.73 Å². The molecular formula is C18H23NS. The van der Waals surface area contributed by atoms with E-state index in [4.69, 9.17) is 5.73 Å². The van der Waals surface area contributed by atoms with Gasteiger partial charge in [0.25, 0.3) is 0 Å². The lowest BCUT2D eigenvalue weighted by Gasteiger charge is -2.22. The van der Waals surface area contributed by atoms with Crippen molar-refractivity contribution in [2.75, 3.05) is 0 Å². The van der Waals surface area contributed by atoms with Crippen LogP contribution in [0.25, 0.3) is 0 Å². The minimum atomic E-state index is 0.286. The maximum absolute atomic E-state index is 6.02. The van der Waals surface area contributed by atoms with E-state index in [2.05, 4.69) is 44.7 Å². The van der Waals surface area contributed by atoms with Crippen LogP contribution in [-0.2, 0) is 6.42 Å². The molecule has 1 atom stereocenters. The molecule has 0 aliphatic heterocycles. The van der Waals surface area contributed by atoms with Crippen LogP contribution in [0.2, 0.25) is 0 Å². The molecule has 3 rings (SSSR count). The number of thiol groups is 1. The Morgan fingerprint density at radius 2 is 1.65 bits per heavy atom. The Labute approximate surface area is 127 Å². The second-order valence-corrected chi connectivity index (χ2v) is 6.05. The predicted molar refractivity (Wildman–Crippen MR) is 89.5 cm³/mol. The largest absolute Gasteiger partial charge is 0.324 e. The van der Waals surface area contributed by atoms with E-state index in [9.17, 15) is 0 Å². The molecule has 106 valence electrons. The number of rotatable bonds is 0. The van der Waals surface area contributed by atoms with Gasteiger partial charge in [-0.3, -0.25) is 0 Å². The average molecular weight is 285 g/mol. The summed E-state index contributed by atoms with van der Waals surface area (Å²) < 4.78 is 0. The fourth-order valence-electron chi connectivity index (χ4n) is 2.50. The smallest absolute Gasteiger partial charge is 0.0297 e. The van der Waals surface area contributed by atoms with Crippen molar-refractivity contribution in [2.24, 2.45) is 5.73 Å². The maximum atomic E-state index is 6.02. The third-order valence-corrected chi connectivity index (χ3v) is 3.99. The van der Waals surface area contributed by atoms with Gasteiger partial charge in [0.2, 0.25) is 0 Å². The Bertz CT molecular complexity index is 539. The molecule has 1 aliphatic carbocycles. The Morgan fingerprint density at radius 1 is 1.00 bits per heavy atom. The van der Waals surface area contributed by atoms with Crippen molar-refractivity contribution in [1.82, 2.24) is 0 Å². The van der Waals surface area contributed by atoms with Crippen molar-refractivity contribution in [3.8, 4) is 0 Å². The molecule has 0 spiro atoms. The highest BCUT2D eigenvalue weighted by molar-refractivity contribution is 7.80. The van der Waals surface area contributed by atoms with Gasteiger partial charge in [0.1, 0.15) is 0 Å². The molecule has 0 radical (unpaired) electrons. The molecule has 2 aromatic rings. The van der Waals surface area contributed by atoms with Gasteiger partial charge in [-0.15, -0.1) is 12.6 Å². The summed E-state index contributed by atoms with van der Waals surface area (Å²) in [4.78, 5) is 1.02. The standard InChI is InChI=1S/C11H15N.C7H8S/c1-8-5-6-9-3-2-4-11(12)10(9)7-8;1-6-2-4-7(8)5-3-6/h5-7,11H,2-4,12H2,1H3;2-5,8H,1H3. The van der Waals surface area contributed by atoms with Crippen LogP contribution in [-0.4, -0.2) is 0 Å². The van der Waals surface area contributed by atoms with Gasteiger partial charge in [-0.05, 0) is 56.4 Å². The number of fused-ring (bicyclic) bond motifs is 1. The molecule has 0 amide bonds. The average Bonchev–Trinajstić information content (AvgIpc) is 2.44. The molecule has 0 saturated heterocycles. The van der Waals surface area contributed by atoms with Crippen LogP contribution in [0.15, 0.2) is 47.4 Å². The van der Waals surface area contributed by atoms with Gasteiger partial charge in [-0.25, -0.2) is 0 Å². The second-order valence-electron chi connectivity index (χ2n) is 5.54. The molecule has 0 heterocycles. The van der Waals surface area contributed by atoms with Crippen molar-refractivity contribution < 1.29 is 0 Å². The third kappa shape index (κ3) is 4.12. The topological polar surface area (TPSA) is 26.0 Å². The zero-order chi connectivity index (χ0) is 14.5. The number of aryl methyl sites for hydroxylation is 3. The van der Waals surface area contributed by atoms with Crippen LogP contribution in [0.5, 0.6) is 0 Å². The van der Waals surface area contributed by atoms with Crippen LogP contribution in [0.4, 0.5) is 0 Å². The summed E-state index contributed by atoms with van der Waals surface area (Å²) in [5.74, 6) is 0. The molecule has 2 heteroatoms. The molecule has 20 heavy (non-hydrogen) atoms. The molecule has 0 aromatic heterocycles. The summed E-state index contributed by atoms with van der Waals surface area (Å²) in [7, 11) is 0.